The van der Waals surface area contributed by atoms with E-state index >= 15 is 0 Å². The molecule has 0 saturated carbocycles. The number of carboxylic acids is 1. The van der Waals surface area contributed by atoms with Crippen molar-refractivity contribution in [1.82, 2.24) is 14.7 Å². The Bertz CT molecular complexity index is 1050. The van der Waals surface area contributed by atoms with Crippen LogP contribution < -0.4 is 4.74 Å². The molecule has 1 aliphatic heterocycles. The standard InChI is InChI=1S/C19H16F3N3O4S2/c1-24-17(29-11-6-3-2-4-7-11)12(15(23-24)19(20,21)22)10-13-16(28)25(18(30)31-13)9-5-8-14(26)27/h2-4,6-7,10H,5,8-9H2,1H3,(H,26,27). The topological polar surface area (TPSA) is 84.7 Å². The van der Waals surface area contributed by atoms with Gasteiger partial charge in [0, 0.05) is 20.0 Å². The molecule has 1 N–H and O–H groups in total. The first kappa shape index (κ1) is 22.8. The average Bonchev–Trinajstić information content (AvgIpc) is 3.14. The highest BCUT2D eigenvalue weighted by Crippen LogP contribution is 2.41. The number of thiocarbonyl (C=S) groups is 1. The van der Waals surface area contributed by atoms with Gasteiger partial charge < -0.3 is 9.84 Å². The summed E-state index contributed by atoms with van der Waals surface area (Å²) < 4.78 is 47.5. The van der Waals surface area contributed by atoms with E-state index in [2.05, 4.69) is 5.10 Å². The predicted octanol–water partition coefficient (Wildman–Crippen LogP) is 4.30. The summed E-state index contributed by atoms with van der Waals surface area (Å²) in [5, 5.41) is 12.3. The zero-order valence-corrected chi connectivity index (χ0v) is 17.7. The molecule has 1 fully saturated rings. The highest BCUT2D eigenvalue weighted by molar-refractivity contribution is 8.26. The SMILES string of the molecule is Cn1nc(C(F)(F)F)c(C=C2SC(=S)N(CCCC(=O)O)C2=O)c1Oc1ccccc1. The van der Waals surface area contributed by atoms with Crippen LogP contribution in [0.25, 0.3) is 6.08 Å². The van der Waals surface area contributed by atoms with E-state index in [0.717, 1.165) is 22.5 Å². The number of halogens is 3. The van der Waals surface area contributed by atoms with Crippen molar-refractivity contribution in [3.63, 3.8) is 0 Å². The van der Waals surface area contributed by atoms with E-state index in [4.69, 9.17) is 22.1 Å². The van der Waals surface area contributed by atoms with E-state index in [0.29, 0.717) is 5.75 Å². The first-order chi connectivity index (χ1) is 14.6. The molecule has 0 unspecified atom stereocenters. The molecule has 0 radical (unpaired) electrons. The van der Waals surface area contributed by atoms with Crippen LogP contribution in [0.1, 0.15) is 24.1 Å². The van der Waals surface area contributed by atoms with Gasteiger partial charge in [-0.25, -0.2) is 4.68 Å². The van der Waals surface area contributed by atoms with Gasteiger partial charge in [-0.2, -0.15) is 18.3 Å². The van der Waals surface area contributed by atoms with Crippen LogP contribution in [0.15, 0.2) is 35.2 Å². The number of alkyl halides is 3. The van der Waals surface area contributed by atoms with Crippen LogP contribution in [-0.4, -0.2) is 42.5 Å². The summed E-state index contributed by atoms with van der Waals surface area (Å²) >= 11 is 5.99. The molecule has 0 aliphatic carbocycles. The molecule has 0 bridgehead atoms. The van der Waals surface area contributed by atoms with Gasteiger partial charge in [-0.3, -0.25) is 14.5 Å². The maximum atomic E-state index is 13.6. The van der Waals surface area contributed by atoms with Gasteiger partial charge in [-0.1, -0.05) is 42.2 Å². The van der Waals surface area contributed by atoms with E-state index in [9.17, 15) is 22.8 Å². The minimum Gasteiger partial charge on any atom is -0.481 e. The largest absolute Gasteiger partial charge is 0.481 e. The first-order valence-corrected chi connectivity index (χ1v) is 10.1. The van der Waals surface area contributed by atoms with Gasteiger partial charge in [-0.15, -0.1) is 0 Å². The highest BCUT2D eigenvalue weighted by Gasteiger charge is 2.40. The van der Waals surface area contributed by atoms with Gasteiger partial charge in [0.2, 0.25) is 5.88 Å². The lowest BCUT2D eigenvalue weighted by molar-refractivity contribution is -0.141. The highest BCUT2D eigenvalue weighted by atomic mass is 32.2. The first-order valence-electron chi connectivity index (χ1n) is 8.92. The molecule has 1 aromatic heterocycles. The summed E-state index contributed by atoms with van der Waals surface area (Å²) in [4.78, 5) is 24.5. The maximum absolute atomic E-state index is 13.6. The average molecular weight is 471 g/mol. The van der Waals surface area contributed by atoms with Crippen molar-refractivity contribution in [2.24, 2.45) is 7.05 Å². The van der Waals surface area contributed by atoms with Crippen LogP contribution >= 0.6 is 24.0 Å². The summed E-state index contributed by atoms with van der Waals surface area (Å²) in [7, 11) is 1.31. The zero-order chi connectivity index (χ0) is 22.8. The summed E-state index contributed by atoms with van der Waals surface area (Å²) in [5.41, 5.74) is -1.60. The van der Waals surface area contributed by atoms with Crippen LogP contribution in [0, 0.1) is 0 Å². The lowest BCUT2D eigenvalue weighted by atomic mass is 10.2. The second kappa shape index (κ2) is 9.10. The molecule has 31 heavy (non-hydrogen) atoms. The van der Waals surface area contributed by atoms with Gasteiger partial charge in [0.05, 0.1) is 10.5 Å². The van der Waals surface area contributed by atoms with Crippen molar-refractivity contribution < 1.29 is 32.6 Å². The second-order valence-corrected chi connectivity index (χ2v) is 8.11. The fraction of sp³-hybridized carbons (Fsp3) is 0.263. The van der Waals surface area contributed by atoms with Crippen molar-refractivity contribution in [2.45, 2.75) is 19.0 Å². The van der Waals surface area contributed by atoms with E-state index < -0.39 is 29.3 Å². The molecule has 3 rings (SSSR count). The molecule has 0 spiro atoms. The number of hydrogen-bond donors (Lipinski definition) is 1. The maximum Gasteiger partial charge on any atom is 0.435 e. The van der Waals surface area contributed by atoms with E-state index in [1.807, 2.05) is 0 Å². The van der Waals surface area contributed by atoms with Crippen molar-refractivity contribution in [2.75, 3.05) is 6.54 Å². The number of aromatic nitrogens is 2. The normalized spacial score (nSPS) is 15.7. The third kappa shape index (κ3) is 5.25. The number of aliphatic carboxylic acids is 1. The van der Waals surface area contributed by atoms with Crippen molar-refractivity contribution in [1.29, 1.82) is 0 Å². The lowest BCUT2D eigenvalue weighted by Gasteiger charge is -2.13. The number of benzene rings is 1. The number of amides is 1. The fourth-order valence-electron chi connectivity index (χ4n) is 2.80. The van der Waals surface area contributed by atoms with Gasteiger partial charge >= 0.3 is 12.1 Å². The number of hydrogen-bond acceptors (Lipinski definition) is 6. The number of carbonyl (C=O) groups excluding carboxylic acids is 1. The molecule has 164 valence electrons. The summed E-state index contributed by atoms with van der Waals surface area (Å²) in [6, 6.07) is 8.21. The Morgan fingerprint density at radius 1 is 1.32 bits per heavy atom. The molecule has 7 nitrogen and oxygen atoms in total. The van der Waals surface area contributed by atoms with Gasteiger partial charge in [0.1, 0.15) is 10.1 Å². The van der Waals surface area contributed by atoms with E-state index in [-0.39, 0.29) is 34.5 Å². The summed E-state index contributed by atoms with van der Waals surface area (Å²) in [5.74, 6) is -1.50. The molecule has 2 aromatic rings. The molecule has 1 aromatic carbocycles. The minimum absolute atomic E-state index is 0.0308. The quantitative estimate of drug-likeness (QED) is 0.476. The Morgan fingerprint density at radius 2 is 2.00 bits per heavy atom. The number of carboxylic acid groups (broad SMARTS) is 1. The number of aryl methyl sites for hydroxylation is 1. The van der Waals surface area contributed by atoms with Gasteiger partial charge in [0.25, 0.3) is 5.91 Å². The van der Waals surface area contributed by atoms with Crippen LogP contribution in [-0.2, 0) is 22.8 Å². The molecule has 12 heteroatoms. The lowest BCUT2D eigenvalue weighted by Crippen LogP contribution is -2.29. The molecule has 0 atom stereocenters. The Balaban J connectivity index is 1.97. The van der Waals surface area contributed by atoms with E-state index in [1.165, 1.54) is 11.9 Å². The molecule has 1 saturated heterocycles. The number of ether oxygens (including phenoxy) is 1. The summed E-state index contributed by atoms with van der Waals surface area (Å²) in [6.07, 6.45) is -3.72. The van der Waals surface area contributed by atoms with Gasteiger partial charge in [-0.05, 0) is 24.6 Å². The smallest absolute Gasteiger partial charge is 0.435 e. The third-order valence-electron chi connectivity index (χ3n) is 4.18. The fourth-order valence-corrected chi connectivity index (χ4v) is 4.09. The molecule has 1 aliphatic rings. The van der Waals surface area contributed by atoms with Crippen LogP contribution in [0.3, 0.4) is 0 Å². The Kier molecular flexibility index (Phi) is 6.70. The van der Waals surface area contributed by atoms with Crippen molar-refractivity contribution in [3.8, 4) is 11.6 Å². The van der Waals surface area contributed by atoms with Crippen LogP contribution in [0.5, 0.6) is 11.6 Å². The Hall–Kier alpha value is -2.86. The van der Waals surface area contributed by atoms with Gasteiger partial charge in [0.15, 0.2) is 5.69 Å². The second-order valence-electron chi connectivity index (χ2n) is 6.43. The third-order valence-corrected chi connectivity index (χ3v) is 5.55. The number of rotatable bonds is 7. The molecule has 1 amide bonds. The van der Waals surface area contributed by atoms with Crippen LogP contribution in [0.2, 0.25) is 0 Å². The van der Waals surface area contributed by atoms with Crippen molar-refractivity contribution >= 4 is 46.3 Å². The van der Waals surface area contributed by atoms with Crippen molar-refractivity contribution in [3.05, 3.63) is 46.5 Å². The zero-order valence-electron chi connectivity index (χ0n) is 16.0. The number of thioether (sulfide) groups is 1. The molecule has 2 heterocycles. The number of nitrogens with zero attached hydrogens (tertiary/aromatic N) is 3. The Labute approximate surface area is 184 Å². The molecular weight excluding hydrogens is 455 g/mol. The predicted molar refractivity (Wildman–Crippen MR) is 111 cm³/mol. The van der Waals surface area contributed by atoms with Crippen LogP contribution in [0.4, 0.5) is 13.2 Å². The molecular formula is C19H16F3N3O4S2. The Morgan fingerprint density at radius 3 is 2.61 bits per heavy atom. The number of para-hydroxylation sites is 1. The minimum atomic E-state index is -4.78. The summed E-state index contributed by atoms with van der Waals surface area (Å²) in [6.45, 7) is 0.0564. The monoisotopic (exact) mass is 471 g/mol. The number of carbonyl (C=O) groups is 2. The van der Waals surface area contributed by atoms with E-state index in [1.54, 1.807) is 30.3 Å².